The number of aromatic nitrogens is 2. The largest absolute Gasteiger partial charge is 0.268 e. The second-order valence-corrected chi connectivity index (χ2v) is 6.18. The average molecular weight is 318 g/mol. The Balaban J connectivity index is 2.16. The predicted molar refractivity (Wildman–Crippen MR) is 70.9 cm³/mol. The van der Waals surface area contributed by atoms with Crippen molar-refractivity contribution in [1.29, 1.82) is 0 Å². The molecule has 2 nitrogen and oxygen atoms in total. The average Bonchev–Trinajstić information content (AvgIpc) is 2.45. The molecule has 1 fully saturated rings. The molecule has 1 heterocycles. The number of rotatable bonds is 1. The predicted octanol–water partition coefficient (Wildman–Crippen LogP) is 3.79. The van der Waals surface area contributed by atoms with Crippen molar-refractivity contribution in [3.05, 3.63) is 15.5 Å². The lowest BCUT2D eigenvalue weighted by Crippen LogP contribution is -2.23. The second-order valence-electron chi connectivity index (χ2n) is 5.15. The van der Waals surface area contributed by atoms with Crippen LogP contribution in [0.5, 0.6) is 0 Å². The van der Waals surface area contributed by atoms with E-state index in [-0.39, 0.29) is 0 Å². The molecule has 1 aliphatic carbocycles. The van der Waals surface area contributed by atoms with Crippen LogP contribution in [0.15, 0.2) is 6.20 Å². The maximum Gasteiger partial charge on any atom is 0.126 e. The van der Waals surface area contributed by atoms with Gasteiger partial charge in [0.15, 0.2) is 0 Å². The molecule has 0 N–H and O–H groups in total. The third kappa shape index (κ3) is 2.55. The number of hydrogen-bond donors (Lipinski definition) is 0. The van der Waals surface area contributed by atoms with E-state index in [9.17, 15) is 0 Å². The van der Waals surface area contributed by atoms with E-state index in [0.29, 0.717) is 6.04 Å². The highest BCUT2D eigenvalue weighted by Crippen LogP contribution is 2.35. The summed E-state index contributed by atoms with van der Waals surface area (Å²) in [5.41, 5.74) is 1.31. The summed E-state index contributed by atoms with van der Waals surface area (Å²) >= 11 is 2.32. The maximum absolute atomic E-state index is 4.61. The SMILES string of the molecule is Cc1cn(C2CC(C)CC(C)C2)nc1I. The van der Waals surface area contributed by atoms with Crippen LogP contribution in [0.25, 0.3) is 0 Å². The molecule has 1 aromatic rings. The molecule has 15 heavy (non-hydrogen) atoms. The Hall–Kier alpha value is -0.0600. The van der Waals surface area contributed by atoms with Crippen LogP contribution in [0.3, 0.4) is 0 Å². The first-order chi connectivity index (χ1) is 7.06. The van der Waals surface area contributed by atoms with Gasteiger partial charge in [-0.3, -0.25) is 4.68 Å². The second kappa shape index (κ2) is 4.44. The van der Waals surface area contributed by atoms with Crippen LogP contribution in [0.4, 0.5) is 0 Å². The minimum Gasteiger partial charge on any atom is -0.268 e. The van der Waals surface area contributed by atoms with Gasteiger partial charge in [0.25, 0.3) is 0 Å². The minimum absolute atomic E-state index is 0.631. The quantitative estimate of drug-likeness (QED) is 0.720. The molecule has 2 unspecified atom stereocenters. The Bertz CT molecular complexity index is 316. The van der Waals surface area contributed by atoms with Gasteiger partial charge in [-0.15, -0.1) is 0 Å². The molecule has 3 heteroatoms. The third-order valence-electron chi connectivity index (χ3n) is 3.38. The zero-order valence-corrected chi connectivity index (χ0v) is 11.9. The molecule has 0 radical (unpaired) electrons. The van der Waals surface area contributed by atoms with E-state index in [4.69, 9.17) is 0 Å². The Labute approximate surface area is 106 Å². The maximum atomic E-state index is 4.61. The van der Waals surface area contributed by atoms with Crippen LogP contribution in [0.2, 0.25) is 0 Å². The van der Waals surface area contributed by atoms with Gasteiger partial charge in [-0.2, -0.15) is 5.10 Å². The van der Waals surface area contributed by atoms with Crippen LogP contribution in [-0.4, -0.2) is 9.78 Å². The molecule has 0 saturated heterocycles. The topological polar surface area (TPSA) is 17.8 Å². The first-order valence-corrected chi connectivity index (χ1v) is 6.85. The normalized spacial score (nSPS) is 31.9. The molecule has 84 valence electrons. The fourth-order valence-electron chi connectivity index (χ4n) is 2.77. The summed E-state index contributed by atoms with van der Waals surface area (Å²) in [6.45, 7) is 6.87. The lowest BCUT2D eigenvalue weighted by molar-refractivity contribution is 0.209. The molecule has 1 saturated carbocycles. The van der Waals surface area contributed by atoms with Gasteiger partial charge >= 0.3 is 0 Å². The van der Waals surface area contributed by atoms with E-state index in [1.807, 2.05) is 0 Å². The molecule has 0 spiro atoms. The molecular formula is C12H19IN2. The zero-order chi connectivity index (χ0) is 11.0. The Kier molecular flexibility index (Phi) is 3.38. The van der Waals surface area contributed by atoms with Crippen molar-refractivity contribution in [1.82, 2.24) is 9.78 Å². The summed E-state index contributed by atoms with van der Waals surface area (Å²) in [6.07, 6.45) is 6.17. The molecule has 0 aromatic carbocycles. The standard InChI is InChI=1S/C12H19IN2/c1-8-4-9(2)6-11(5-8)15-7-10(3)12(13)14-15/h7-9,11H,4-6H2,1-3H3. The highest BCUT2D eigenvalue weighted by Gasteiger charge is 2.25. The summed E-state index contributed by atoms with van der Waals surface area (Å²) in [4.78, 5) is 0. The Morgan fingerprint density at radius 3 is 2.33 bits per heavy atom. The van der Waals surface area contributed by atoms with Crippen molar-refractivity contribution < 1.29 is 0 Å². The fourth-order valence-corrected chi connectivity index (χ4v) is 3.16. The lowest BCUT2D eigenvalue weighted by atomic mass is 9.80. The van der Waals surface area contributed by atoms with Gasteiger partial charge < -0.3 is 0 Å². The van der Waals surface area contributed by atoms with E-state index in [1.54, 1.807) is 0 Å². The van der Waals surface area contributed by atoms with Crippen molar-refractivity contribution in [2.75, 3.05) is 0 Å². The van der Waals surface area contributed by atoms with E-state index in [2.05, 4.69) is 59.3 Å². The van der Waals surface area contributed by atoms with Crippen LogP contribution >= 0.6 is 22.6 Å². The molecule has 1 aliphatic rings. The van der Waals surface area contributed by atoms with Crippen molar-refractivity contribution in [2.45, 2.75) is 46.1 Å². The highest BCUT2D eigenvalue weighted by atomic mass is 127. The molecule has 0 amide bonds. The smallest absolute Gasteiger partial charge is 0.126 e. The van der Waals surface area contributed by atoms with Crippen molar-refractivity contribution >= 4 is 22.6 Å². The van der Waals surface area contributed by atoms with Crippen LogP contribution in [0.1, 0.15) is 44.7 Å². The van der Waals surface area contributed by atoms with E-state index in [1.165, 1.54) is 24.8 Å². The molecule has 2 atom stereocenters. The Morgan fingerprint density at radius 1 is 1.27 bits per heavy atom. The van der Waals surface area contributed by atoms with Gasteiger partial charge in [0.05, 0.1) is 6.04 Å². The van der Waals surface area contributed by atoms with Crippen molar-refractivity contribution in [3.63, 3.8) is 0 Å². The van der Waals surface area contributed by atoms with Gasteiger partial charge in [0.1, 0.15) is 3.70 Å². The zero-order valence-electron chi connectivity index (χ0n) is 9.70. The number of hydrogen-bond acceptors (Lipinski definition) is 1. The van der Waals surface area contributed by atoms with Gasteiger partial charge in [0.2, 0.25) is 0 Å². The summed E-state index contributed by atoms with van der Waals surface area (Å²) in [5, 5.41) is 4.61. The summed E-state index contributed by atoms with van der Waals surface area (Å²) in [5.74, 6) is 1.70. The summed E-state index contributed by atoms with van der Waals surface area (Å²) in [6, 6.07) is 0.631. The summed E-state index contributed by atoms with van der Waals surface area (Å²) in [7, 11) is 0. The van der Waals surface area contributed by atoms with Gasteiger partial charge in [-0.25, -0.2) is 0 Å². The monoisotopic (exact) mass is 318 g/mol. The van der Waals surface area contributed by atoms with Crippen LogP contribution in [0, 0.1) is 22.5 Å². The van der Waals surface area contributed by atoms with Crippen molar-refractivity contribution in [2.24, 2.45) is 11.8 Å². The van der Waals surface area contributed by atoms with Gasteiger partial charge in [0, 0.05) is 11.8 Å². The molecule has 2 rings (SSSR count). The highest BCUT2D eigenvalue weighted by molar-refractivity contribution is 14.1. The van der Waals surface area contributed by atoms with Gasteiger partial charge in [-0.05, 0) is 60.6 Å². The first-order valence-electron chi connectivity index (χ1n) is 5.77. The van der Waals surface area contributed by atoms with Crippen LogP contribution in [-0.2, 0) is 0 Å². The third-order valence-corrected chi connectivity index (χ3v) is 4.45. The molecular weight excluding hydrogens is 299 g/mol. The molecule has 0 aliphatic heterocycles. The summed E-state index contributed by atoms with van der Waals surface area (Å²) < 4.78 is 3.35. The number of nitrogens with zero attached hydrogens (tertiary/aromatic N) is 2. The van der Waals surface area contributed by atoms with E-state index < -0.39 is 0 Å². The first kappa shape index (κ1) is 11.4. The van der Waals surface area contributed by atoms with Crippen molar-refractivity contribution in [3.8, 4) is 0 Å². The number of aryl methyl sites for hydroxylation is 1. The van der Waals surface area contributed by atoms with E-state index >= 15 is 0 Å². The minimum atomic E-state index is 0.631. The fraction of sp³-hybridized carbons (Fsp3) is 0.750. The molecule has 0 bridgehead atoms. The molecule has 1 aromatic heterocycles. The Morgan fingerprint density at radius 2 is 1.87 bits per heavy atom. The lowest BCUT2D eigenvalue weighted by Gasteiger charge is -2.31. The van der Waals surface area contributed by atoms with Crippen LogP contribution < -0.4 is 0 Å². The number of halogens is 1. The van der Waals surface area contributed by atoms with Gasteiger partial charge in [-0.1, -0.05) is 13.8 Å². The van der Waals surface area contributed by atoms with E-state index in [0.717, 1.165) is 15.5 Å².